The van der Waals surface area contributed by atoms with Gasteiger partial charge < -0.3 is 31.0 Å². The first kappa shape index (κ1) is 52.6. The zero-order valence-electron chi connectivity index (χ0n) is 41.0. The highest BCUT2D eigenvalue weighted by molar-refractivity contribution is 7.86. The number of rotatable bonds is 20. The topological polar surface area (TPSA) is 260 Å². The number of aromatic nitrogens is 4. The van der Waals surface area contributed by atoms with Gasteiger partial charge in [0.15, 0.2) is 5.65 Å². The molecule has 2 aromatic heterocycles. The number of hydrogen-bond donors (Lipinski definition) is 6. The van der Waals surface area contributed by atoms with Crippen LogP contribution in [0.1, 0.15) is 97.6 Å². The molecule has 3 heterocycles. The van der Waals surface area contributed by atoms with Crippen LogP contribution in [0.5, 0.6) is 5.88 Å². The summed E-state index contributed by atoms with van der Waals surface area (Å²) in [4.78, 5) is 43.3. The Labute approximate surface area is 420 Å². The van der Waals surface area contributed by atoms with E-state index in [1.165, 1.54) is 30.6 Å². The van der Waals surface area contributed by atoms with Crippen LogP contribution in [-0.2, 0) is 55.6 Å². The third-order valence-corrected chi connectivity index (χ3v) is 15.1. The number of nitrogens with two attached hydrogens (primary N) is 1. The summed E-state index contributed by atoms with van der Waals surface area (Å²) in [7, 11) is -8.87. The molecule has 0 bridgehead atoms. The van der Waals surface area contributed by atoms with Crippen molar-refractivity contribution in [2.45, 2.75) is 101 Å². The summed E-state index contributed by atoms with van der Waals surface area (Å²) in [6.07, 6.45) is 12.4. The number of aryl methyl sites for hydroxylation is 1. The standard InChI is InChI=1S/C53H60N8O9S2/c1-7-61-44-26-25-41(72(67,68)69)29-43(44)53(6,45(61)13-10-8-9-12-35(3)52(4,5)42-28-40(71(64,65)66)24-15-34(42)2)27-11-14-46(62)55-30-37-20-22-39(23-21-37)49(63)56-31-36-16-18-38(19-17-36)32-70-50-47-48(58-33-57-47)59-51(54)60-50/h8-10,12-13,15-26,28-29,33,35H,7,11,14,27,30-32H2,1-6H3,(H,55,62)(H,56,63)(H,64,65,66)(H,67,68,69)(H3,54,57,58,59,60)/b10-8+,12-9+,45-13+. The number of benzene rings is 4. The number of carbonyl (C=O) groups excluding carboxylic acids is 2. The second-order valence-corrected chi connectivity index (χ2v) is 21.5. The molecule has 1 aliphatic heterocycles. The highest BCUT2D eigenvalue weighted by Crippen LogP contribution is 2.51. The molecule has 7 N–H and O–H groups in total. The predicted molar refractivity (Wildman–Crippen MR) is 276 cm³/mol. The lowest BCUT2D eigenvalue weighted by atomic mass is 9.72. The molecule has 17 nitrogen and oxygen atoms in total. The molecule has 0 fully saturated rings. The molecule has 72 heavy (non-hydrogen) atoms. The van der Waals surface area contributed by atoms with Gasteiger partial charge in [-0.25, -0.2) is 4.98 Å². The Kier molecular flexibility index (Phi) is 15.8. The minimum atomic E-state index is -4.50. The number of amides is 2. The number of aromatic amines is 1. The molecule has 378 valence electrons. The fourth-order valence-electron chi connectivity index (χ4n) is 8.96. The number of allylic oxidation sites excluding steroid dienone is 6. The number of carbonyl (C=O) groups is 2. The molecule has 1 aliphatic rings. The number of hydrogen-bond acceptors (Lipinski definition) is 12. The highest BCUT2D eigenvalue weighted by Gasteiger charge is 2.43. The van der Waals surface area contributed by atoms with Crippen LogP contribution in [-0.4, -0.2) is 64.2 Å². The molecular formula is C53H60N8O9S2. The van der Waals surface area contributed by atoms with Crippen molar-refractivity contribution in [3.05, 3.63) is 166 Å². The first-order valence-electron chi connectivity index (χ1n) is 23.4. The monoisotopic (exact) mass is 1020 g/mol. The number of nitrogens with one attached hydrogen (secondary N) is 3. The zero-order chi connectivity index (χ0) is 52.0. The average Bonchev–Trinajstić information content (AvgIpc) is 3.91. The zero-order valence-corrected chi connectivity index (χ0v) is 42.6. The van der Waals surface area contributed by atoms with Crippen molar-refractivity contribution < 1.29 is 40.3 Å². The number of H-pyrrole nitrogens is 1. The summed E-state index contributed by atoms with van der Waals surface area (Å²) < 4.78 is 74.0. The smallest absolute Gasteiger partial charge is 0.294 e. The van der Waals surface area contributed by atoms with E-state index in [4.69, 9.17) is 10.5 Å². The maximum atomic E-state index is 13.2. The SMILES string of the molecule is CCN1/C(=C/C=C/C=C/C(C)C(C)(C)c2cc(S(=O)(=O)O)ccc2C)C(C)(CCCC(=O)NCc2ccc(C(=O)NCc3ccc(COc4nc(N)nc5nc[nH]c45)cc3)cc2)c2cc(S(=O)(=O)O)ccc21. The maximum absolute atomic E-state index is 13.2. The van der Waals surface area contributed by atoms with Gasteiger partial charge in [0.2, 0.25) is 17.7 Å². The highest BCUT2D eigenvalue weighted by atomic mass is 32.2. The largest absolute Gasteiger partial charge is 0.471 e. The van der Waals surface area contributed by atoms with E-state index in [1.807, 2.05) is 96.2 Å². The predicted octanol–water partition coefficient (Wildman–Crippen LogP) is 8.44. The van der Waals surface area contributed by atoms with Gasteiger partial charge in [-0.2, -0.15) is 26.8 Å². The fraction of sp³-hybridized carbons (Fsp3) is 0.302. The molecular weight excluding hydrogens is 957 g/mol. The van der Waals surface area contributed by atoms with Crippen LogP contribution in [0.15, 0.2) is 137 Å². The number of nitrogens with zero attached hydrogens (tertiary/aromatic N) is 4. The molecule has 19 heteroatoms. The molecule has 4 aromatic carbocycles. The maximum Gasteiger partial charge on any atom is 0.294 e. The number of imidazole rings is 1. The van der Waals surface area contributed by atoms with Crippen molar-refractivity contribution in [3.8, 4) is 5.88 Å². The Morgan fingerprint density at radius 3 is 2.19 bits per heavy atom. The van der Waals surface area contributed by atoms with Gasteiger partial charge in [0.25, 0.3) is 26.1 Å². The molecule has 6 aromatic rings. The number of ether oxygens (including phenoxy) is 1. The Morgan fingerprint density at radius 2 is 1.51 bits per heavy atom. The van der Waals surface area contributed by atoms with Gasteiger partial charge in [-0.05, 0) is 127 Å². The number of likely N-dealkylation sites (N-methyl/N-ethyl adjacent to an activating group) is 1. The van der Waals surface area contributed by atoms with E-state index in [0.29, 0.717) is 48.5 Å². The molecule has 0 aliphatic carbocycles. The van der Waals surface area contributed by atoms with Crippen molar-refractivity contribution in [2.24, 2.45) is 5.92 Å². The second kappa shape index (κ2) is 21.7. The van der Waals surface area contributed by atoms with Gasteiger partial charge in [-0.15, -0.1) is 0 Å². The van der Waals surface area contributed by atoms with Crippen LogP contribution in [0.4, 0.5) is 11.6 Å². The quantitative estimate of drug-likeness (QED) is 0.0310. The van der Waals surface area contributed by atoms with Gasteiger partial charge in [0.05, 0.1) is 16.1 Å². The molecule has 0 saturated carbocycles. The van der Waals surface area contributed by atoms with E-state index in [0.717, 1.165) is 44.8 Å². The first-order valence-corrected chi connectivity index (χ1v) is 26.3. The Balaban J connectivity index is 0.935. The summed E-state index contributed by atoms with van der Waals surface area (Å²) in [6.45, 7) is 13.4. The minimum Gasteiger partial charge on any atom is -0.471 e. The summed E-state index contributed by atoms with van der Waals surface area (Å²) in [5.74, 6) is -0.0914. The van der Waals surface area contributed by atoms with E-state index in [1.54, 1.807) is 36.4 Å². The average molecular weight is 1020 g/mol. The van der Waals surface area contributed by atoms with E-state index in [2.05, 4.69) is 35.5 Å². The molecule has 2 unspecified atom stereocenters. The Morgan fingerprint density at radius 1 is 0.875 bits per heavy atom. The lowest BCUT2D eigenvalue weighted by molar-refractivity contribution is -0.121. The third-order valence-electron chi connectivity index (χ3n) is 13.4. The van der Waals surface area contributed by atoms with Crippen LogP contribution >= 0.6 is 0 Å². The Bertz CT molecular complexity index is 3300. The van der Waals surface area contributed by atoms with Crippen LogP contribution in [0.25, 0.3) is 11.2 Å². The fourth-order valence-corrected chi connectivity index (χ4v) is 9.97. The van der Waals surface area contributed by atoms with Crippen molar-refractivity contribution >= 4 is 54.9 Å². The summed E-state index contributed by atoms with van der Waals surface area (Å²) >= 11 is 0. The van der Waals surface area contributed by atoms with Crippen molar-refractivity contribution in [1.82, 2.24) is 30.6 Å². The first-order chi connectivity index (χ1) is 34.1. The van der Waals surface area contributed by atoms with Gasteiger partial charge in [0.1, 0.15) is 12.1 Å². The van der Waals surface area contributed by atoms with E-state index < -0.39 is 31.1 Å². The number of fused-ring (bicyclic) bond motifs is 2. The van der Waals surface area contributed by atoms with Crippen LogP contribution in [0, 0.1) is 12.8 Å². The normalized spacial score (nSPS) is 16.2. The van der Waals surface area contributed by atoms with E-state index >= 15 is 0 Å². The van der Waals surface area contributed by atoms with Crippen LogP contribution in [0.2, 0.25) is 0 Å². The Hall–Kier alpha value is -7.19. The van der Waals surface area contributed by atoms with Gasteiger partial charge in [0, 0.05) is 48.4 Å². The van der Waals surface area contributed by atoms with Crippen LogP contribution in [0.3, 0.4) is 0 Å². The molecule has 0 saturated heterocycles. The number of anilines is 2. The summed E-state index contributed by atoms with van der Waals surface area (Å²) in [6, 6.07) is 23.8. The lowest BCUT2D eigenvalue weighted by Crippen LogP contribution is -2.29. The van der Waals surface area contributed by atoms with Gasteiger partial charge in [-0.3, -0.25) is 18.7 Å². The summed E-state index contributed by atoms with van der Waals surface area (Å²) in [5.41, 5.74) is 12.7. The molecule has 2 atom stereocenters. The number of nitrogen functional groups attached to an aromatic ring is 1. The third kappa shape index (κ3) is 12.1. The van der Waals surface area contributed by atoms with E-state index in [-0.39, 0.29) is 53.0 Å². The van der Waals surface area contributed by atoms with Crippen LogP contribution < -0.4 is 26.0 Å². The second-order valence-electron chi connectivity index (χ2n) is 18.6. The minimum absolute atomic E-state index is 0.0429. The van der Waals surface area contributed by atoms with Gasteiger partial charge >= 0.3 is 0 Å². The van der Waals surface area contributed by atoms with Gasteiger partial charge in [-0.1, -0.05) is 87.5 Å². The van der Waals surface area contributed by atoms with E-state index in [9.17, 15) is 35.5 Å². The van der Waals surface area contributed by atoms with Crippen molar-refractivity contribution in [2.75, 3.05) is 17.2 Å². The van der Waals surface area contributed by atoms with Crippen molar-refractivity contribution in [1.29, 1.82) is 0 Å². The molecule has 2 amide bonds. The molecule has 7 rings (SSSR count). The van der Waals surface area contributed by atoms with Crippen molar-refractivity contribution in [3.63, 3.8) is 0 Å². The summed E-state index contributed by atoms with van der Waals surface area (Å²) in [5, 5.41) is 5.92. The molecule has 0 spiro atoms. The lowest BCUT2D eigenvalue weighted by Gasteiger charge is -2.32. The molecule has 0 radical (unpaired) electrons.